The average molecular weight is 401 g/mol. The Balaban J connectivity index is 1.93. The van der Waals surface area contributed by atoms with E-state index in [0.29, 0.717) is 22.0 Å². The van der Waals surface area contributed by atoms with Crippen molar-refractivity contribution >= 4 is 29.1 Å². The fraction of sp³-hybridized carbons (Fsp3) is 0.222. The van der Waals surface area contributed by atoms with Crippen molar-refractivity contribution in [3.8, 4) is 5.75 Å². The first kappa shape index (κ1) is 20.6. The summed E-state index contributed by atoms with van der Waals surface area (Å²) in [5.74, 6) is -2.01. The number of benzene rings is 2. The van der Waals surface area contributed by atoms with Crippen LogP contribution >= 0.6 is 11.6 Å². The summed E-state index contributed by atoms with van der Waals surface area (Å²) >= 11 is 5.78. The molecular formula is C18H16ClF3N2O3. The molecule has 1 unspecified atom stereocenters. The maximum absolute atomic E-state index is 12.2. The molecule has 0 saturated carbocycles. The highest BCUT2D eigenvalue weighted by atomic mass is 35.5. The van der Waals surface area contributed by atoms with Crippen molar-refractivity contribution in [3.05, 3.63) is 59.1 Å². The van der Waals surface area contributed by atoms with Gasteiger partial charge in [-0.25, -0.2) is 0 Å². The van der Waals surface area contributed by atoms with Crippen LogP contribution < -0.4 is 15.4 Å². The molecule has 2 N–H and O–H groups in total. The zero-order valence-corrected chi connectivity index (χ0v) is 14.9. The summed E-state index contributed by atoms with van der Waals surface area (Å²) in [5.41, 5.74) is 0.766. The van der Waals surface area contributed by atoms with Gasteiger partial charge in [0, 0.05) is 17.3 Å². The highest BCUT2D eigenvalue weighted by Crippen LogP contribution is 2.18. The van der Waals surface area contributed by atoms with Gasteiger partial charge in [-0.3, -0.25) is 9.59 Å². The molecule has 0 aliphatic carbocycles. The first-order valence-electron chi connectivity index (χ1n) is 7.82. The van der Waals surface area contributed by atoms with E-state index in [1.807, 2.05) is 0 Å². The van der Waals surface area contributed by atoms with Crippen molar-refractivity contribution in [2.75, 3.05) is 5.32 Å². The lowest BCUT2D eigenvalue weighted by molar-refractivity contribution is -0.173. The standard InChI is InChI=1S/C18H16ClF3N2O3/c1-11(27-15-7-5-13(19)6-8-15)16(25)24-14-4-2-3-12(9-14)10-23-17(26)18(20,21)22/h2-9,11H,10H2,1H3,(H,23,26)(H,24,25). The second kappa shape index (κ2) is 8.77. The Morgan fingerprint density at radius 3 is 2.44 bits per heavy atom. The van der Waals surface area contributed by atoms with Crippen molar-refractivity contribution in [3.63, 3.8) is 0 Å². The van der Waals surface area contributed by atoms with Gasteiger partial charge in [0.15, 0.2) is 6.10 Å². The number of hydrogen-bond donors (Lipinski definition) is 2. The third-order valence-electron chi connectivity index (χ3n) is 3.40. The predicted octanol–water partition coefficient (Wildman–Crippen LogP) is 3.92. The molecule has 0 aliphatic rings. The molecule has 0 radical (unpaired) electrons. The Labute approximate surface area is 158 Å². The number of nitrogens with one attached hydrogen (secondary N) is 2. The van der Waals surface area contributed by atoms with Crippen molar-refractivity contribution in [1.82, 2.24) is 5.32 Å². The zero-order chi connectivity index (χ0) is 20.0. The smallest absolute Gasteiger partial charge is 0.471 e. The largest absolute Gasteiger partial charge is 0.481 e. The second-order valence-electron chi connectivity index (χ2n) is 5.58. The molecule has 5 nitrogen and oxygen atoms in total. The molecule has 144 valence electrons. The van der Waals surface area contributed by atoms with Crippen LogP contribution in [-0.2, 0) is 16.1 Å². The van der Waals surface area contributed by atoms with E-state index in [1.165, 1.54) is 12.1 Å². The number of rotatable bonds is 6. The zero-order valence-electron chi connectivity index (χ0n) is 14.1. The third kappa shape index (κ3) is 6.49. The monoisotopic (exact) mass is 400 g/mol. The van der Waals surface area contributed by atoms with E-state index in [1.54, 1.807) is 48.6 Å². The highest BCUT2D eigenvalue weighted by molar-refractivity contribution is 6.30. The van der Waals surface area contributed by atoms with Crippen LogP contribution in [0.5, 0.6) is 5.75 Å². The normalized spacial score (nSPS) is 12.2. The van der Waals surface area contributed by atoms with E-state index in [-0.39, 0.29) is 6.54 Å². The van der Waals surface area contributed by atoms with Gasteiger partial charge in [0.1, 0.15) is 5.75 Å². The minimum Gasteiger partial charge on any atom is -0.481 e. The highest BCUT2D eigenvalue weighted by Gasteiger charge is 2.38. The lowest BCUT2D eigenvalue weighted by Gasteiger charge is -2.15. The van der Waals surface area contributed by atoms with Crippen LogP contribution in [0.2, 0.25) is 5.02 Å². The molecule has 0 spiro atoms. The number of alkyl halides is 3. The van der Waals surface area contributed by atoms with Crippen molar-refractivity contribution in [1.29, 1.82) is 0 Å². The van der Waals surface area contributed by atoms with Crippen LogP contribution in [0.3, 0.4) is 0 Å². The van der Waals surface area contributed by atoms with Crippen LogP contribution in [0.15, 0.2) is 48.5 Å². The number of amides is 2. The fourth-order valence-corrected chi connectivity index (χ4v) is 2.18. The van der Waals surface area contributed by atoms with Gasteiger partial charge in [-0.05, 0) is 48.9 Å². The molecule has 2 aromatic carbocycles. The molecule has 0 aromatic heterocycles. The SMILES string of the molecule is CC(Oc1ccc(Cl)cc1)C(=O)Nc1cccc(CNC(=O)C(F)(F)F)c1. The van der Waals surface area contributed by atoms with Gasteiger partial charge in [0.25, 0.3) is 5.91 Å². The summed E-state index contributed by atoms with van der Waals surface area (Å²) in [6, 6.07) is 12.6. The summed E-state index contributed by atoms with van der Waals surface area (Å²) in [6.45, 7) is 1.23. The van der Waals surface area contributed by atoms with E-state index in [9.17, 15) is 22.8 Å². The van der Waals surface area contributed by atoms with Gasteiger partial charge in [-0.15, -0.1) is 0 Å². The maximum atomic E-state index is 12.2. The molecule has 27 heavy (non-hydrogen) atoms. The number of hydrogen-bond acceptors (Lipinski definition) is 3. The molecule has 2 aromatic rings. The minimum atomic E-state index is -4.94. The molecule has 2 rings (SSSR count). The van der Waals surface area contributed by atoms with E-state index in [4.69, 9.17) is 16.3 Å². The molecule has 0 fully saturated rings. The van der Waals surface area contributed by atoms with E-state index in [2.05, 4.69) is 5.32 Å². The summed E-state index contributed by atoms with van der Waals surface area (Å²) in [4.78, 5) is 23.1. The van der Waals surface area contributed by atoms with E-state index < -0.39 is 24.1 Å². The molecule has 0 aliphatic heterocycles. The summed E-state index contributed by atoms with van der Waals surface area (Å²) in [6.07, 6.45) is -5.76. The Bertz CT molecular complexity index is 810. The molecule has 1 atom stereocenters. The van der Waals surface area contributed by atoms with Gasteiger partial charge in [-0.2, -0.15) is 13.2 Å². The first-order chi connectivity index (χ1) is 12.6. The molecular weight excluding hydrogens is 385 g/mol. The lowest BCUT2D eigenvalue weighted by atomic mass is 10.2. The van der Waals surface area contributed by atoms with Gasteiger partial charge < -0.3 is 15.4 Å². The van der Waals surface area contributed by atoms with Crippen molar-refractivity contribution in [2.24, 2.45) is 0 Å². The van der Waals surface area contributed by atoms with Gasteiger partial charge in [-0.1, -0.05) is 23.7 Å². The van der Waals surface area contributed by atoms with Crippen molar-refractivity contribution < 1.29 is 27.5 Å². The number of carbonyl (C=O) groups is 2. The topological polar surface area (TPSA) is 67.4 Å². The molecule has 0 saturated heterocycles. The van der Waals surface area contributed by atoms with Gasteiger partial charge in [0.05, 0.1) is 0 Å². The Morgan fingerprint density at radius 1 is 1.15 bits per heavy atom. The van der Waals surface area contributed by atoms with Crippen LogP contribution in [0.1, 0.15) is 12.5 Å². The summed E-state index contributed by atoms with van der Waals surface area (Å²) in [5, 5.41) is 4.91. The second-order valence-corrected chi connectivity index (χ2v) is 6.02. The van der Waals surface area contributed by atoms with Gasteiger partial charge >= 0.3 is 12.1 Å². The molecule has 0 bridgehead atoms. The Morgan fingerprint density at radius 2 is 1.81 bits per heavy atom. The lowest BCUT2D eigenvalue weighted by Crippen LogP contribution is -2.36. The van der Waals surface area contributed by atoms with Gasteiger partial charge in [0.2, 0.25) is 0 Å². The van der Waals surface area contributed by atoms with Crippen molar-refractivity contribution in [2.45, 2.75) is 25.7 Å². The van der Waals surface area contributed by atoms with Crippen LogP contribution in [0.4, 0.5) is 18.9 Å². The number of carbonyl (C=O) groups excluding carboxylic acids is 2. The number of anilines is 1. The fourth-order valence-electron chi connectivity index (χ4n) is 2.06. The number of ether oxygens (including phenoxy) is 1. The predicted molar refractivity (Wildman–Crippen MR) is 94.5 cm³/mol. The van der Waals surface area contributed by atoms with E-state index in [0.717, 1.165) is 0 Å². The molecule has 0 heterocycles. The quantitative estimate of drug-likeness (QED) is 0.772. The minimum absolute atomic E-state index is 0.321. The molecule has 9 heteroatoms. The summed E-state index contributed by atoms with van der Waals surface area (Å²) < 4.78 is 42.1. The maximum Gasteiger partial charge on any atom is 0.471 e. The number of halogens is 4. The first-order valence-corrected chi connectivity index (χ1v) is 8.20. The third-order valence-corrected chi connectivity index (χ3v) is 3.65. The molecule has 2 amide bonds. The average Bonchev–Trinajstić information content (AvgIpc) is 2.61. The van der Waals surface area contributed by atoms with Crippen LogP contribution in [-0.4, -0.2) is 24.1 Å². The van der Waals surface area contributed by atoms with E-state index >= 15 is 0 Å². The van der Waals surface area contributed by atoms with Crippen LogP contribution in [0.25, 0.3) is 0 Å². The Kier molecular flexibility index (Phi) is 6.68. The van der Waals surface area contributed by atoms with Crippen LogP contribution in [0, 0.1) is 0 Å². The Hall–Kier alpha value is -2.74. The summed E-state index contributed by atoms with van der Waals surface area (Å²) in [7, 11) is 0.